The molecule has 0 spiro atoms. The highest BCUT2D eigenvalue weighted by molar-refractivity contribution is 8.14. The van der Waals surface area contributed by atoms with E-state index >= 15 is 0 Å². The molecule has 2 amide bonds. The summed E-state index contributed by atoms with van der Waals surface area (Å²) in [5, 5.41) is 1.66. The number of β-lactam (4-membered cyclic amide) rings is 1. The summed E-state index contributed by atoms with van der Waals surface area (Å²) in [6.07, 6.45) is -0.625. The molecule has 0 N–H and O–H groups in total. The first-order chi connectivity index (χ1) is 25.6. The third kappa shape index (κ3) is 8.61. The van der Waals surface area contributed by atoms with Crippen LogP contribution in [0.25, 0.3) is 0 Å². The van der Waals surface area contributed by atoms with Gasteiger partial charge in [0.25, 0.3) is 5.18 Å². The topological polar surface area (TPSA) is 108 Å². The number of amides is 2. The Morgan fingerprint density at radius 3 is 1.76 bits per heavy atom. The van der Waals surface area contributed by atoms with Crippen molar-refractivity contribution in [3.63, 3.8) is 0 Å². The van der Waals surface area contributed by atoms with Gasteiger partial charge in [0.15, 0.2) is 22.2 Å². The zero-order valence-electron chi connectivity index (χ0n) is 31.4. The molecular weight excluding hydrogens is 761 g/mol. The number of esters is 2. The Balaban J connectivity index is 1.71. The maximum absolute atomic E-state index is 14.2. The molecule has 4 aromatic carbocycles. The Morgan fingerprint density at radius 2 is 1.31 bits per heavy atom. The lowest BCUT2D eigenvalue weighted by Gasteiger charge is -2.50. The van der Waals surface area contributed by atoms with Crippen LogP contribution in [0.1, 0.15) is 27.7 Å². The van der Waals surface area contributed by atoms with Gasteiger partial charge in [-0.15, -0.1) is 0 Å². The Labute approximate surface area is 328 Å². The largest absolute Gasteiger partial charge is 0.466 e. The monoisotopic (exact) mass is 806 g/mol. The second kappa shape index (κ2) is 17.2. The molecular formula is C41H46ClNO8PSSi+. The molecule has 1 aliphatic rings. The van der Waals surface area contributed by atoms with E-state index in [9.17, 15) is 19.2 Å². The van der Waals surface area contributed by atoms with Crippen LogP contribution in [0.5, 0.6) is 5.75 Å². The van der Waals surface area contributed by atoms with Gasteiger partial charge < -0.3 is 18.6 Å². The molecule has 4 atom stereocenters. The van der Waals surface area contributed by atoms with Gasteiger partial charge in [-0.2, -0.15) is 0 Å². The van der Waals surface area contributed by atoms with Gasteiger partial charge in [0.1, 0.15) is 27.0 Å². The lowest BCUT2D eigenvalue weighted by Crippen LogP contribution is -2.68. The van der Waals surface area contributed by atoms with Crippen molar-refractivity contribution < 1.29 is 37.8 Å². The highest BCUT2D eigenvalue weighted by atomic mass is 35.5. The second-order valence-electron chi connectivity index (χ2n) is 14.4. The fraction of sp³-hybridized carbons (Fsp3) is 0.317. The highest BCUT2D eigenvalue weighted by Crippen LogP contribution is 2.65. The molecule has 1 heterocycles. The van der Waals surface area contributed by atoms with Gasteiger partial charge in [-0.3, -0.25) is 14.5 Å². The van der Waals surface area contributed by atoms with Gasteiger partial charge in [0.05, 0.1) is 19.1 Å². The molecule has 0 aliphatic carbocycles. The highest BCUT2D eigenvalue weighted by Gasteiger charge is 2.62. The number of hydrogen-bond donors (Lipinski definition) is 0. The molecule has 0 bridgehead atoms. The van der Waals surface area contributed by atoms with Gasteiger partial charge in [-0.1, -0.05) is 87.0 Å². The summed E-state index contributed by atoms with van der Waals surface area (Å²) in [4.78, 5) is 54.0. The summed E-state index contributed by atoms with van der Waals surface area (Å²) in [6, 6.07) is 37.3. The molecule has 4 aromatic rings. The number of likely N-dealkylation sites (tertiary alicyclic amines) is 1. The molecule has 1 aliphatic heterocycles. The smallest absolute Gasteiger partial charge is 0.398 e. The summed E-state index contributed by atoms with van der Waals surface area (Å²) in [5.74, 6) is -4.26. The van der Waals surface area contributed by atoms with Crippen LogP contribution in [0.4, 0.5) is 0 Å². The summed E-state index contributed by atoms with van der Waals surface area (Å²) in [7, 11) is -4.16. The first-order valence-corrected chi connectivity index (χ1v) is 23.6. The van der Waals surface area contributed by atoms with E-state index in [1.54, 1.807) is 24.3 Å². The third-order valence-electron chi connectivity index (χ3n) is 9.93. The average Bonchev–Trinajstić information content (AvgIpc) is 3.15. The first kappa shape index (κ1) is 41.2. The molecule has 1 fully saturated rings. The molecule has 0 saturated carbocycles. The number of methoxy groups -OCH3 is 1. The molecule has 54 heavy (non-hydrogen) atoms. The van der Waals surface area contributed by atoms with Crippen LogP contribution in [0.3, 0.4) is 0 Å². The van der Waals surface area contributed by atoms with E-state index in [4.69, 9.17) is 25.5 Å². The number of imide groups is 1. The van der Waals surface area contributed by atoms with Crippen molar-refractivity contribution in [1.82, 2.24) is 4.90 Å². The van der Waals surface area contributed by atoms with Crippen LogP contribution in [-0.2, 0) is 33.1 Å². The Morgan fingerprint density at radius 1 is 0.833 bits per heavy atom. The van der Waals surface area contributed by atoms with Gasteiger partial charge in [0, 0.05) is 5.02 Å². The molecule has 5 rings (SSSR count). The van der Waals surface area contributed by atoms with Crippen LogP contribution in [-0.4, -0.2) is 67.3 Å². The van der Waals surface area contributed by atoms with Gasteiger partial charge in [-0.05, 0) is 97.5 Å². The summed E-state index contributed by atoms with van der Waals surface area (Å²) in [5.41, 5.74) is 0. The minimum atomic E-state index is -2.88. The predicted molar refractivity (Wildman–Crippen MR) is 218 cm³/mol. The van der Waals surface area contributed by atoms with Gasteiger partial charge in [-0.25, -0.2) is 9.59 Å². The number of carbonyl (C=O) groups is 4. The predicted octanol–water partition coefficient (Wildman–Crippen LogP) is 7.17. The maximum Gasteiger partial charge on any atom is 0.398 e. The van der Waals surface area contributed by atoms with Crippen LogP contribution < -0.4 is 20.7 Å². The fourth-order valence-electron chi connectivity index (χ4n) is 6.09. The normalized spacial score (nSPS) is 17.2. The zero-order chi connectivity index (χ0) is 39.3. The first-order valence-electron chi connectivity index (χ1n) is 17.5. The van der Waals surface area contributed by atoms with E-state index in [1.807, 2.05) is 61.5 Å². The van der Waals surface area contributed by atoms with E-state index in [0.29, 0.717) is 10.8 Å². The minimum absolute atomic E-state index is 0.168. The minimum Gasteiger partial charge on any atom is -0.466 e. The molecule has 0 radical (unpaired) electrons. The molecule has 9 nitrogen and oxygen atoms in total. The van der Waals surface area contributed by atoms with Crippen molar-refractivity contribution in [1.29, 1.82) is 0 Å². The fourth-order valence-corrected chi connectivity index (χ4v) is 14.9. The van der Waals surface area contributed by atoms with Crippen molar-refractivity contribution in [3.8, 4) is 5.75 Å². The van der Waals surface area contributed by atoms with E-state index in [-0.39, 0.29) is 5.04 Å². The average molecular weight is 807 g/mol. The lowest BCUT2D eigenvalue weighted by atomic mass is 9.92. The van der Waals surface area contributed by atoms with E-state index in [1.165, 1.54) is 11.8 Å². The number of thioether (sulfide) groups is 1. The van der Waals surface area contributed by atoms with E-state index in [0.717, 1.165) is 27.9 Å². The summed E-state index contributed by atoms with van der Waals surface area (Å²) < 4.78 is 23.5. The van der Waals surface area contributed by atoms with E-state index in [2.05, 4.69) is 75.0 Å². The van der Waals surface area contributed by atoms with E-state index < -0.39 is 68.5 Å². The van der Waals surface area contributed by atoms with Crippen LogP contribution in [0.2, 0.25) is 23.2 Å². The number of nitrogens with zero attached hydrogens (tertiary/aromatic N) is 1. The van der Waals surface area contributed by atoms with Crippen molar-refractivity contribution in [2.75, 3.05) is 13.7 Å². The molecule has 1 saturated heterocycles. The Hall–Kier alpha value is -3.99. The number of rotatable bonds is 13. The molecule has 1 unspecified atom stereocenters. The van der Waals surface area contributed by atoms with Crippen LogP contribution in [0.15, 0.2) is 115 Å². The lowest BCUT2D eigenvalue weighted by molar-refractivity contribution is -0.176. The van der Waals surface area contributed by atoms with Gasteiger partial charge >= 0.3 is 17.8 Å². The van der Waals surface area contributed by atoms with Crippen molar-refractivity contribution in [2.45, 2.75) is 62.5 Å². The van der Waals surface area contributed by atoms with Crippen molar-refractivity contribution in [3.05, 3.63) is 120 Å². The molecule has 0 aromatic heterocycles. The van der Waals surface area contributed by atoms with Crippen LogP contribution >= 0.6 is 30.6 Å². The molecule has 13 heteroatoms. The van der Waals surface area contributed by atoms with Gasteiger partial charge in [0.2, 0.25) is 5.91 Å². The maximum atomic E-state index is 14.2. The SMILES string of the molecule is COC(=O)COC(=O)C(=O)N1C(=O)[C@H]([C@@H](C)O[Si](C)(C)C(C)(C)C)[C@H]1SC(Oc1ccc(Cl)cc1)[P+](c1ccccc1)(c1ccccc1)c1ccccc1. The second-order valence-corrected chi connectivity index (χ2v) is 24.6. The van der Waals surface area contributed by atoms with Crippen molar-refractivity contribution >= 4 is 78.6 Å². The molecule has 284 valence electrons. The number of benzene rings is 4. The summed E-state index contributed by atoms with van der Waals surface area (Å²) >= 11 is 7.61. The zero-order valence-corrected chi connectivity index (χ0v) is 34.9. The number of halogens is 1. The number of carbonyl (C=O) groups excluding carboxylic acids is 4. The van der Waals surface area contributed by atoms with Crippen molar-refractivity contribution in [2.24, 2.45) is 5.92 Å². The quantitative estimate of drug-likeness (QED) is 0.0347. The Bertz CT molecular complexity index is 1830. The Kier molecular flexibility index (Phi) is 13.1. The third-order valence-corrected chi connectivity index (χ3v) is 21.3. The summed E-state index contributed by atoms with van der Waals surface area (Å²) in [6.45, 7) is 11.6. The number of ether oxygens (including phenoxy) is 3. The standard InChI is InChI=1S/C41H46ClNO8PSSi/c1-28(51-54(6,7)41(2,3)4)35-36(45)43(37(46)39(47)49-27-34(44)48-5)38(35)53-40(50-30-25-23-29(42)24-26-30)52(31-17-11-8-12-18-31,32-19-13-9-14-20-32)33-21-15-10-16-22-33/h8-26,28,35,38,40H,27H2,1-7H3/q+1/t28-,35+,38-,40?/m1/s1. The van der Waals surface area contributed by atoms with Crippen LogP contribution in [0, 0.1) is 5.92 Å². The number of hydrogen-bond acceptors (Lipinski definition) is 9.